The molecule has 3 N–H and O–H groups in total. The highest BCUT2D eigenvalue weighted by atomic mass is 32.1. The average molecular weight is 402 g/mol. The minimum atomic E-state index is -0.489. The second kappa shape index (κ2) is 9.14. The van der Waals surface area contributed by atoms with Gasteiger partial charge in [-0.2, -0.15) is 0 Å². The lowest BCUT2D eigenvalue weighted by Crippen LogP contribution is -2.45. The topological polar surface area (TPSA) is 106 Å². The summed E-state index contributed by atoms with van der Waals surface area (Å²) >= 11 is 5.05. The van der Waals surface area contributed by atoms with Crippen molar-refractivity contribution < 1.29 is 14.5 Å². The number of ether oxygens (including phenoxy) is 1. The van der Waals surface area contributed by atoms with E-state index in [1.807, 2.05) is 24.3 Å². The fraction of sp³-hybridized carbons (Fsp3) is 0.263. The minimum absolute atomic E-state index is 0.0228. The standard InChI is InChI=1S/C19H22N4O4S/c1-19(2,3)13-4-10-16(11-5-13)27-12-17(24)21-22-18(28)20-14-6-8-15(9-7-14)23(25)26/h4-11H,12H2,1-3H3,(H,21,24)(H2,20,22,28). The van der Waals surface area contributed by atoms with Crippen LogP contribution in [0.4, 0.5) is 11.4 Å². The van der Waals surface area contributed by atoms with Gasteiger partial charge in [-0.25, -0.2) is 0 Å². The summed E-state index contributed by atoms with van der Waals surface area (Å²) in [7, 11) is 0. The number of thiocarbonyl (C=S) groups is 1. The normalized spacial score (nSPS) is 10.7. The van der Waals surface area contributed by atoms with Crippen LogP contribution in [0.15, 0.2) is 48.5 Å². The Balaban J connectivity index is 1.74. The highest BCUT2D eigenvalue weighted by molar-refractivity contribution is 7.80. The molecule has 0 atom stereocenters. The third-order valence-electron chi connectivity index (χ3n) is 3.74. The molecule has 0 saturated carbocycles. The van der Waals surface area contributed by atoms with Gasteiger partial charge < -0.3 is 10.1 Å². The van der Waals surface area contributed by atoms with Crippen molar-refractivity contribution in [2.45, 2.75) is 26.2 Å². The summed E-state index contributed by atoms with van der Waals surface area (Å²) in [6, 6.07) is 13.3. The van der Waals surface area contributed by atoms with Gasteiger partial charge in [-0.15, -0.1) is 0 Å². The number of nitro benzene ring substituents is 1. The number of carbonyl (C=O) groups excluding carboxylic acids is 1. The molecule has 0 heterocycles. The second-order valence-electron chi connectivity index (χ2n) is 6.99. The molecule has 1 amide bonds. The van der Waals surface area contributed by atoms with Gasteiger partial charge in [0.1, 0.15) is 5.75 Å². The molecule has 0 aliphatic heterocycles. The molecule has 0 saturated heterocycles. The van der Waals surface area contributed by atoms with E-state index in [1.54, 1.807) is 0 Å². The van der Waals surface area contributed by atoms with Crippen molar-refractivity contribution in [1.29, 1.82) is 0 Å². The van der Waals surface area contributed by atoms with E-state index in [4.69, 9.17) is 17.0 Å². The second-order valence-corrected chi connectivity index (χ2v) is 7.40. The Bertz CT molecular complexity index is 846. The van der Waals surface area contributed by atoms with Crippen LogP contribution < -0.4 is 20.9 Å². The van der Waals surface area contributed by atoms with Crippen LogP contribution in [0.3, 0.4) is 0 Å². The van der Waals surface area contributed by atoms with Crippen molar-refractivity contribution in [3.8, 4) is 5.75 Å². The van der Waals surface area contributed by atoms with Gasteiger partial charge in [0.2, 0.25) is 0 Å². The highest BCUT2D eigenvalue weighted by Gasteiger charge is 2.13. The Morgan fingerprint density at radius 3 is 2.21 bits per heavy atom. The van der Waals surface area contributed by atoms with E-state index in [0.717, 1.165) is 0 Å². The number of amides is 1. The van der Waals surface area contributed by atoms with Crippen LogP contribution >= 0.6 is 12.2 Å². The summed E-state index contributed by atoms with van der Waals surface area (Å²) in [5, 5.41) is 13.6. The van der Waals surface area contributed by atoms with Crippen molar-refractivity contribution in [3.05, 3.63) is 64.2 Å². The van der Waals surface area contributed by atoms with Gasteiger partial charge >= 0.3 is 0 Å². The number of carbonyl (C=O) groups is 1. The van der Waals surface area contributed by atoms with Crippen molar-refractivity contribution in [3.63, 3.8) is 0 Å². The van der Waals surface area contributed by atoms with Gasteiger partial charge in [0.15, 0.2) is 11.7 Å². The fourth-order valence-electron chi connectivity index (χ4n) is 2.19. The Kier molecular flexibility index (Phi) is 6.89. The number of nitrogens with zero attached hydrogens (tertiary/aromatic N) is 1. The molecule has 2 rings (SSSR count). The summed E-state index contributed by atoms with van der Waals surface area (Å²) in [6.45, 7) is 6.18. The number of nitro groups is 1. The molecule has 28 heavy (non-hydrogen) atoms. The summed E-state index contributed by atoms with van der Waals surface area (Å²) in [5.41, 5.74) is 6.70. The van der Waals surface area contributed by atoms with E-state index in [0.29, 0.717) is 11.4 Å². The number of non-ortho nitro benzene ring substituents is 1. The van der Waals surface area contributed by atoms with Crippen molar-refractivity contribution in [1.82, 2.24) is 10.9 Å². The Morgan fingerprint density at radius 2 is 1.68 bits per heavy atom. The first-order chi connectivity index (χ1) is 13.1. The summed E-state index contributed by atoms with van der Waals surface area (Å²) in [5.74, 6) is 0.183. The number of rotatable bonds is 5. The smallest absolute Gasteiger partial charge is 0.276 e. The lowest BCUT2D eigenvalue weighted by molar-refractivity contribution is -0.384. The van der Waals surface area contributed by atoms with Crippen molar-refractivity contribution in [2.75, 3.05) is 11.9 Å². The minimum Gasteiger partial charge on any atom is -0.484 e. The van der Waals surface area contributed by atoms with Gasteiger partial charge in [-0.05, 0) is 47.5 Å². The maximum absolute atomic E-state index is 11.9. The SMILES string of the molecule is CC(C)(C)c1ccc(OCC(=O)NNC(=S)Nc2ccc([N+](=O)[O-])cc2)cc1. The number of nitrogens with one attached hydrogen (secondary N) is 3. The predicted molar refractivity (Wildman–Crippen MR) is 111 cm³/mol. The highest BCUT2D eigenvalue weighted by Crippen LogP contribution is 2.24. The molecule has 0 aliphatic carbocycles. The molecular weight excluding hydrogens is 380 g/mol. The van der Waals surface area contributed by atoms with Crippen LogP contribution in [0.2, 0.25) is 0 Å². The maximum atomic E-state index is 11.9. The third-order valence-corrected chi connectivity index (χ3v) is 3.95. The van der Waals surface area contributed by atoms with E-state index in [9.17, 15) is 14.9 Å². The first-order valence-electron chi connectivity index (χ1n) is 8.49. The van der Waals surface area contributed by atoms with Crippen LogP contribution in [0.1, 0.15) is 26.3 Å². The largest absolute Gasteiger partial charge is 0.484 e. The molecule has 0 aliphatic rings. The van der Waals surface area contributed by atoms with E-state index >= 15 is 0 Å². The summed E-state index contributed by atoms with van der Waals surface area (Å²) in [4.78, 5) is 22.0. The summed E-state index contributed by atoms with van der Waals surface area (Å²) < 4.78 is 5.44. The van der Waals surface area contributed by atoms with E-state index < -0.39 is 10.8 Å². The molecule has 8 nitrogen and oxygen atoms in total. The zero-order valence-electron chi connectivity index (χ0n) is 15.8. The zero-order chi connectivity index (χ0) is 20.7. The Morgan fingerprint density at radius 1 is 1.07 bits per heavy atom. The first kappa shape index (κ1) is 21.1. The number of anilines is 1. The molecule has 2 aromatic carbocycles. The zero-order valence-corrected chi connectivity index (χ0v) is 16.6. The quantitative estimate of drug-likeness (QED) is 0.400. The van der Waals surface area contributed by atoms with Gasteiger partial charge in [0.05, 0.1) is 4.92 Å². The molecule has 0 unspecified atom stereocenters. The monoisotopic (exact) mass is 402 g/mol. The number of hydrazine groups is 1. The lowest BCUT2D eigenvalue weighted by atomic mass is 9.87. The maximum Gasteiger partial charge on any atom is 0.276 e. The number of hydrogen-bond donors (Lipinski definition) is 3. The van der Waals surface area contributed by atoms with Crippen LogP contribution in [0, 0.1) is 10.1 Å². The molecule has 9 heteroatoms. The molecule has 0 bridgehead atoms. The lowest BCUT2D eigenvalue weighted by Gasteiger charge is -2.19. The molecule has 2 aromatic rings. The molecule has 0 aromatic heterocycles. The van der Waals surface area contributed by atoms with Crippen LogP contribution in [-0.4, -0.2) is 22.5 Å². The van der Waals surface area contributed by atoms with Crippen LogP contribution in [0.5, 0.6) is 5.75 Å². The van der Waals surface area contributed by atoms with Gasteiger partial charge in [-0.1, -0.05) is 32.9 Å². The molecule has 148 valence electrons. The van der Waals surface area contributed by atoms with Crippen molar-refractivity contribution in [2.24, 2.45) is 0 Å². The molecular formula is C19H22N4O4S. The number of benzene rings is 2. The Hall–Kier alpha value is -3.20. The molecule has 0 radical (unpaired) electrons. The average Bonchev–Trinajstić information content (AvgIpc) is 2.64. The van der Waals surface area contributed by atoms with Crippen LogP contribution in [-0.2, 0) is 10.2 Å². The van der Waals surface area contributed by atoms with Gasteiger partial charge in [0.25, 0.3) is 11.6 Å². The van der Waals surface area contributed by atoms with Gasteiger partial charge in [0, 0.05) is 17.8 Å². The Labute approximate surface area is 168 Å². The fourth-order valence-corrected chi connectivity index (χ4v) is 2.36. The molecule has 0 fully saturated rings. The predicted octanol–water partition coefficient (Wildman–Crippen LogP) is 3.29. The third kappa shape index (κ3) is 6.51. The number of hydrogen-bond acceptors (Lipinski definition) is 5. The molecule has 0 spiro atoms. The van der Waals surface area contributed by atoms with Crippen molar-refractivity contribution >= 4 is 34.6 Å². The van der Waals surface area contributed by atoms with E-state index in [1.165, 1.54) is 29.8 Å². The van der Waals surface area contributed by atoms with Crippen LogP contribution in [0.25, 0.3) is 0 Å². The first-order valence-corrected chi connectivity index (χ1v) is 8.89. The summed E-state index contributed by atoms with van der Waals surface area (Å²) in [6.07, 6.45) is 0. The van der Waals surface area contributed by atoms with E-state index in [-0.39, 0.29) is 22.8 Å². The van der Waals surface area contributed by atoms with E-state index in [2.05, 4.69) is 36.9 Å². The van der Waals surface area contributed by atoms with Gasteiger partial charge in [-0.3, -0.25) is 25.8 Å².